The second kappa shape index (κ2) is 6.14. The van der Waals surface area contributed by atoms with Crippen LogP contribution in [-0.4, -0.2) is 40.8 Å². The van der Waals surface area contributed by atoms with Crippen molar-refractivity contribution < 1.29 is 18.3 Å². The highest BCUT2D eigenvalue weighted by molar-refractivity contribution is 5.66. The van der Waals surface area contributed by atoms with Gasteiger partial charge in [0.25, 0.3) is 0 Å². The minimum atomic E-state index is -4.36. The topological polar surface area (TPSA) is 67.3 Å². The van der Waals surface area contributed by atoms with Crippen molar-refractivity contribution in [1.29, 1.82) is 0 Å². The summed E-state index contributed by atoms with van der Waals surface area (Å²) >= 11 is 0. The predicted molar refractivity (Wildman–Crippen MR) is 67.0 cm³/mol. The molecule has 8 heteroatoms. The Morgan fingerprint density at radius 3 is 2.53 bits per heavy atom. The van der Waals surface area contributed by atoms with Gasteiger partial charge in [-0.2, -0.15) is 18.3 Å². The van der Waals surface area contributed by atoms with Crippen LogP contribution in [0.2, 0.25) is 0 Å². The fourth-order valence-electron chi connectivity index (χ4n) is 1.88. The predicted octanol–water partition coefficient (Wildman–Crippen LogP) is 1.54. The quantitative estimate of drug-likeness (QED) is 0.829. The molecular weight excluding hydrogens is 261 g/mol. The number of nitrogen functional groups attached to an aromatic ring is 1. The van der Waals surface area contributed by atoms with Gasteiger partial charge in [0.1, 0.15) is 6.54 Å². The molecule has 0 fully saturated rings. The molecule has 1 aromatic heterocycles. The van der Waals surface area contributed by atoms with Crippen LogP contribution in [0.4, 0.5) is 24.7 Å². The van der Waals surface area contributed by atoms with E-state index in [2.05, 4.69) is 5.10 Å². The van der Waals surface area contributed by atoms with Gasteiger partial charge in [-0.1, -0.05) is 6.92 Å². The maximum atomic E-state index is 12.6. The Labute approximate surface area is 109 Å². The molecule has 1 rings (SSSR count). The van der Waals surface area contributed by atoms with E-state index in [1.165, 1.54) is 4.68 Å². The van der Waals surface area contributed by atoms with Crippen molar-refractivity contribution in [3.05, 3.63) is 5.69 Å². The van der Waals surface area contributed by atoms with Crippen LogP contribution in [0.25, 0.3) is 0 Å². The first-order chi connectivity index (χ1) is 8.80. The molecule has 0 saturated carbocycles. The van der Waals surface area contributed by atoms with Gasteiger partial charge in [0.15, 0.2) is 5.82 Å². The van der Waals surface area contributed by atoms with Crippen LogP contribution < -0.4 is 10.6 Å². The third-order valence-electron chi connectivity index (χ3n) is 2.62. The maximum Gasteiger partial charge on any atom is 0.405 e. The summed E-state index contributed by atoms with van der Waals surface area (Å²) in [6.45, 7) is 2.34. The molecule has 0 saturated heterocycles. The van der Waals surface area contributed by atoms with Crippen molar-refractivity contribution >= 4 is 11.5 Å². The number of nitrogens with two attached hydrogens (primary N) is 1. The van der Waals surface area contributed by atoms with Gasteiger partial charge in [0.05, 0.1) is 18.0 Å². The highest BCUT2D eigenvalue weighted by atomic mass is 19.4. The molecule has 0 aliphatic heterocycles. The van der Waals surface area contributed by atoms with Crippen LogP contribution in [0, 0.1) is 6.92 Å². The van der Waals surface area contributed by atoms with Crippen molar-refractivity contribution in [2.75, 3.05) is 30.3 Å². The monoisotopic (exact) mass is 280 g/mol. The molecule has 0 aliphatic rings. The fraction of sp³-hybridized carbons (Fsp3) is 0.727. The number of aliphatic hydroxyl groups excluding tert-OH is 1. The summed E-state index contributed by atoms with van der Waals surface area (Å²) in [5.74, 6) is 0.228. The molecule has 5 nitrogen and oxygen atoms in total. The Balaban J connectivity index is 3.13. The molecule has 0 spiro atoms. The smallest absolute Gasteiger partial charge is 0.395 e. The summed E-state index contributed by atoms with van der Waals surface area (Å²) in [5, 5.41) is 13.1. The molecule has 0 amide bonds. The molecule has 0 aliphatic carbocycles. The number of rotatable bonds is 6. The number of alkyl halides is 3. The molecule has 0 bridgehead atoms. The number of nitrogens with zero attached hydrogens (tertiary/aromatic N) is 3. The molecular formula is C11H19F3N4O. The normalized spacial score (nSPS) is 11.9. The Kier molecular flexibility index (Phi) is 5.04. The SMILES string of the molecule is CCCn1nc(C)c(N)c1N(CCO)CC(F)(F)F. The van der Waals surface area contributed by atoms with Crippen LogP contribution in [0.3, 0.4) is 0 Å². The average molecular weight is 280 g/mol. The van der Waals surface area contributed by atoms with E-state index in [9.17, 15) is 13.2 Å². The highest BCUT2D eigenvalue weighted by Crippen LogP contribution is 2.29. The zero-order valence-corrected chi connectivity index (χ0v) is 11.0. The van der Waals surface area contributed by atoms with E-state index in [-0.39, 0.29) is 24.7 Å². The Morgan fingerprint density at radius 1 is 1.42 bits per heavy atom. The Bertz CT molecular complexity index is 417. The lowest BCUT2D eigenvalue weighted by Crippen LogP contribution is -2.38. The molecule has 0 unspecified atom stereocenters. The minimum absolute atomic E-state index is 0.140. The van der Waals surface area contributed by atoms with E-state index in [0.717, 1.165) is 11.3 Å². The molecule has 19 heavy (non-hydrogen) atoms. The van der Waals surface area contributed by atoms with Gasteiger partial charge in [-0.25, -0.2) is 4.68 Å². The summed E-state index contributed by atoms with van der Waals surface area (Å²) < 4.78 is 39.2. The van der Waals surface area contributed by atoms with E-state index in [1.807, 2.05) is 6.92 Å². The fourth-order valence-corrected chi connectivity index (χ4v) is 1.88. The Morgan fingerprint density at radius 2 is 2.05 bits per heavy atom. The van der Waals surface area contributed by atoms with Gasteiger partial charge in [-0.3, -0.25) is 0 Å². The summed E-state index contributed by atoms with van der Waals surface area (Å²) in [4.78, 5) is 1.02. The van der Waals surface area contributed by atoms with E-state index < -0.39 is 12.7 Å². The summed E-state index contributed by atoms with van der Waals surface area (Å²) in [7, 11) is 0. The number of aromatic nitrogens is 2. The summed E-state index contributed by atoms with van der Waals surface area (Å²) in [5.41, 5.74) is 6.53. The van der Waals surface area contributed by atoms with Gasteiger partial charge in [0, 0.05) is 13.1 Å². The first-order valence-electron chi connectivity index (χ1n) is 6.05. The van der Waals surface area contributed by atoms with E-state index >= 15 is 0 Å². The molecule has 0 radical (unpaired) electrons. The number of halogens is 3. The van der Waals surface area contributed by atoms with Crippen molar-refractivity contribution in [2.24, 2.45) is 0 Å². The largest absolute Gasteiger partial charge is 0.405 e. The third-order valence-corrected chi connectivity index (χ3v) is 2.62. The van der Waals surface area contributed by atoms with E-state index in [4.69, 9.17) is 10.8 Å². The van der Waals surface area contributed by atoms with Gasteiger partial charge in [0.2, 0.25) is 0 Å². The van der Waals surface area contributed by atoms with Gasteiger partial charge in [-0.15, -0.1) is 0 Å². The van der Waals surface area contributed by atoms with Gasteiger partial charge >= 0.3 is 6.18 Å². The summed E-state index contributed by atoms with van der Waals surface area (Å²) in [6.07, 6.45) is -3.64. The number of hydrogen-bond donors (Lipinski definition) is 2. The Hall–Kier alpha value is -1.44. The number of anilines is 2. The van der Waals surface area contributed by atoms with E-state index in [0.29, 0.717) is 12.2 Å². The first kappa shape index (κ1) is 15.6. The van der Waals surface area contributed by atoms with Crippen molar-refractivity contribution in [3.8, 4) is 0 Å². The van der Waals surface area contributed by atoms with Crippen molar-refractivity contribution in [1.82, 2.24) is 9.78 Å². The first-order valence-corrected chi connectivity index (χ1v) is 6.05. The molecule has 0 atom stereocenters. The lowest BCUT2D eigenvalue weighted by atomic mass is 10.3. The lowest BCUT2D eigenvalue weighted by Gasteiger charge is -2.26. The number of hydrogen-bond acceptors (Lipinski definition) is 4. The van der Waals surface area contributed by atoms with Gasteiger partial charge in [-0.05, 0) is 13.3 Å². The standard InChI is InChI=1S/C11H19F3N4O/c1-3-4-18-10(9(15)8(2)16-18)17(5-6-19)7-11(12,13)14/h19H,3-7,15H2,1-2H3. The van der Waals surface area contributed by atoms with Crippen molar-refractivity contribution in [3.63, 3.8) is 0 Å². The molecule has 0 aromatic carbocycles. The molecule has 110 valence electrons. The third kappa shape index (κ3) is 4.02. The van der Waals surface area contributed by atoms with Crippen LogP contribution in [-0.2, 0) is 6.54 Å². The van der Waals surface area contributed by atoms with Crippen LogP contribution in [0.5, 0.6) is 0 Å². The number of aliphatic hydroxyl groups is 1. The average Bonchev–Trinajstić information content (AvgIpc) is 2.53. The molecule has 3 N–H and O–H groups in total. The molecule has 1 heterocycles. The number of aryl methyl sites for hydroxylation is 2. The minimum Gasteiger partial charge on any atom is -0.395 e. The van der Waals surface area contributed by atoms with Gasteiger partial charge < -0.3 is 15.7 Å². The van der Waals surface area contributed by atoms with Crippen LogP contribution in [0.1, 0.15) is 19.0 Å². The highest BCUT2D eigenvalue weighted by Gasteiger charge is 2.33. The second-order valence-electron chi connectivity index (χ2n) is 4.31. The second-order valence-corrected chi connectivity index (χ2v) is 4.31. The van der Waals surface area contributed by atoms with Crippen molar-refractivity contribution in [2.45, 2.75) is 33.0 Å². The van der Waals surface area contributed by atoms with Crippen LogP contribution >= 0.6 is 0 Å². The zero-order valence-electron chi connectivity index (χ0n) is 11.0. The molecule has 1 aromatic rings. The lowest BCUT2D eigenvalue weighted by molar-refractivity contribution is -0.120. The van der Waals surface area contributed by atoms with Crippen LogP contribution in [0.15, 0.2) is 0 Å². The maximum absolute atomic E-state index is 12.6. The van der Waals surface area contributed by atoms with E-state index in [1.54, 1.807) is 6.92 Å². The summed E-state index contributed by atoms with van der Waals surface area (Å²) in [6, 6.07) is 0. The zero-order chi connectivity index (χ0) is 14.6.